The average Bonchev–Trinajstić information content (AvgIpc) is 3.00. The fourth-order valence-corrected chi connectivity index (χ4v) is 2.70. The van der Waals surface area contributed by atoms with Crippen molar-refractivity contribution >= 4 is 11.5 Å². The molecule has 0 bridgehead atoms. The van der Waals surface area contributed by atoms with Crippen molar-refractivity contribution in [2.45, 2.75) is 19.8 Å². The maximum absolute atomic E-state index is 5.91. The van der Waals surface area contributed by atoms with Crippen LogP contribution in [0.25, 0.3) is 11.3 Å². The van der Waals surface area contributed by atoms with Gasteiger partial charge in [-0.3, -0.25) is 4.68 Å². The first-order valence-corrected chi connectivity index (χ1v) is 6.80. The molecule has 1 fully saturated rings. The summed E-state index contributed by atoms with van der Waals surface area (Å²) in [4.78, 5) is 2.44. The zero-order chi connectivity index (χ0) is 13.4. The first-order chi connectivity index (χ1) is 9.15. The van der Waals surface area contributed by atoms with Crippen LogP contribution in [-0.2, 0) is 7.05 Å². The Morgan fingerprint density at radius 2 is 1.89 bits per heavy atom. The Morgan fingerprint density at radius 1 is 1.16 bits per heavy atom. The molecule has 2 aromatic rings. The molecule has 0 amide bonds. The average molecular weight is 256 g/mol. The zero-order valence-corrected chi connectivity index (χ0v) is 11.6. The second-order valence-electron chi connectivity index (χ2n) is 5.29. The van der Waals surface area contributed by atoms with Crippen molar-refractivity contribution in [1.29, 1.82) is 0 Å². The van der Waals surface area contributed by atoms with E-state index >= 15 is 0 Å². The van der Waals surface area contributed by atoms with Crippen molar-refractivity contribution in [2.75, 3.05) is 23.7 Å². The first-order valence-electron chi connectivity index (χ1n) is 6.80. The van der Waals surface area contributed by atoms with Crippen LogP contribution in [0.2, 0.25) is 0 Å². The van der Waals surface area contributed by atoms with Crippen molar-refractivity contribution in [3.05, 3.63) is 29.8 Å². The fraction of sp³-hybridized carbons (Fsp3) is 0.400. The second kappa shape index (κ2) is 4.61. The van der Waals surface area contributed by atoms with E-state index < -0.39 is 0 Å². The summed E-state index contributed by atoms with van der Waals surface area (Å²) in [6.45, 7) is 4.39. The van der Waals surface area contributed by atoms with Crippen LogP contribution in [0.5, 0.6) is 0 Å². The first kappa shape index (κ1) is 12.1. The molecule has 4 heteroatoms. The van der Waals surface area contributed by atoms with Crippen molar-refractivity contribution in [3.63, 3.8) is 0 Å². The SMILES string of the molecule is Cc1ccc(N2CCCC2)c(-c2cc(N)n(C)n2)c1. The van der Waals surface area contributed by atoms with E-state index in [9.17, 15) is 0 Å². The molecule has 100 valence electrons. The van der Waals surface area contributed by atoms with E-state index in [-0.39, 0.29) is 0 Å². The molecular formula is C15H20N4. The van der Waals surface area contributed by atoms with Crippen molar-refractivity contribution in [3.8, 4) is 11.3 Å². The second-order valence-corrected chi connectivity index (χ2v) is 5.29. The van der Waals surface area contributed by atoms with Gasteiger partial charge in [-0.25, -0.2) is 0 Å². The topological polar surface area (TPSA) is 47.1 Å². The number of nitrogen functional groups attached to an aromatic ring is 1. The van der Waals surface area contributed by atoms with E-state index in [1.54, 1.807) is 4.68 Å². The molecule has 0 saturated carbocycles. The molecule has 0 atom stereocenters. The lowest BCUT2D eigenvalue weighted by Crippen LogP contribution is -2.18. The van der Waals surface area contributed by atoms with Crippen molar-refractivity contribution in [2.24, 2.45) is 7.05 Å². The lowest BCUT2D eigenvalue weighted by Gasteiger charge is -2.21. The Labute approximate surface area is 113 Å². The van der Waals surface area contributed by atoms with Crippen LogP contribution in [0.4, 0.5) is 11.5 Å². The molecule has 1 saturated heterocycles. The number of nitrogens with two attached hydrogens (primary N) is 1. The number of aryl methyl sites for hydroxylation is 2. The lowest BCUT2D eigenvalue weighted by atomic mass is 10.1. The highest BCUT2D eigenvalue weighted by molar-refractivity contribution is 5.78. The monoisotopic (exact) mass is 256 g/mol. The molecule has 0 radical (unpaired) electrons. The summed E-state index contributed by atoms with van der Waals surface area (Å²) in [6, 6.07) is 8.54. The number of benzene rings is 1. The maximum Gasteiger partial charge on any atom is 0.121 e. The van der Waals surface area contributed by atoms with Crippen LogP contribution in [-0.4, -0.2) is 22.9 Å². The van der Waals surface area contributed by atoms with Gasteiger partial charge < -0.3 is 10.6 Å². The smallest absolute Gasteiger partial charge is 0.121 e. The Bertz CT molecular complexity index is 575. The molecule has 0 spiro atoms. The van der Waals surface area contributed by atoms with Gasteiger partial charge in [0.2, 0.25) is 0 Å². The van der Waals surface area contributed by atoms with Crippen LogP contribution in [0, 0.1) is 6.92 Å². The Balaban J connectivity index is 2.10. The molecule has 2 heterocycles. The fourth-order valence-electron chi connectivity index (χ4n) is 2.70. The number of rotatable bonds is 2. The van der Waals surface area contributed by atoms with Crippen LogP contribution in [0.3, 0.4) is 0 Å². The van der Waals surface area contributed by atoms with Gasteiger partial charge in [0.05, 0.1) is 5.69 Å². The van der Waals surface area contributed by atoms with Crippen LogP contribution >= 0.6 is 0 Å². The Hall–Kier alpha value is -1.97. The molecule has 0 aliphatic carbocycles. The number of hydrogen-bond acceptors (Lipinski definition) is 3. The molecule has 1 aromatic heterocycles. The van der Waals surface area contributed by atoms with Gasteiger partial charge in [-0.15, -0.1) is 0 Å². The summed E-state index contributed by atoms with van der Waals surface area (Å²) in [5.41, 5.74) is 10.6. The summed E-state index contributed by atoms with van der Waals surface area (Å²) in [6.07, 6.45) is 2.55. The highest BCUT2D eigenvalue weighted by Crippen LogP contribution is 2.33. The van der Waals surface area contributed by atoms with Gasteiger partial charge in [0.1, 0.15) is 5.82 Å². The minimum absolute atomic E-state index is 0.698. The molecule has 2 N–H and O–H groups in total. The number of aromatic nitrogens is 2. The molecule has 4 nitrogen and oxygen atoms in total. The van der Waals surface area contributed by atoms with Gasteiger partial charge in [0.15, 0.2) is 0 Å². The van der Waals surface area contributed by atoms with E-state index in [0.29, 0.717) is 5.82 Å². The minimum Gasteiger partial charge on any atom is -0.384 e. The van der Waals surface area contributed by atoms with Crippen LogP contribution in [0.15, 0.2) is 24.3 Å². The Kier molecular flexibility index (Phi) is 2.93. The van der Waals surface area contributed by atoms with Gasteiger partial charge in [0, 0.05) is 37.5 Å². The molecule has 1 aliphatic heterocycles. The van der Waals surface area contributed by atoms with E-state index in [2.05, 4.69) is 35.1 Å². The van der Waals surface area contributed by atoms with E-state index in [0.717, 1.165) is 18.8 Å². The third kappa shape index (κ3) is 2.18. The number of anilines is 2. The van der Waals surface area contributed by atoms with Crippen LogP contribution in [0.1, 0.15) is 18.4 Å². The van der Waals surface area contributed by atoms with Crippen LogP contribution < -0.4 is 10.6 Å². The van der Waals surface area contributed by atoms with E-state index in [1.165, 1.54) is 29.7 Å². The quantitative estimate of drug-likeness (QED) is 0.898. The van der Waals surface area contributed by atoms with Gasteiger partial charge in [-0.2, -0.15) is 5.10 Å². The summed E-state index contributed by atoms with van der Waals surface area (Å²) < 4.78 is 1.73. The summed E-state index contributed by atoms with van der Waals surface area (Å²) in [5, 5.41) is 4.52. The highest BCUT2D eigenvalue weighted by atomic mass is 15.3. The minimum atomic E-state index is 0.698. The largest absolute Gasteiger partial charge is 0.384 e. The Morgan fingerprint density at radius 3 is 2.53 bits per heavy atom. The normalized spacial score (nSPS) is 15.2. The molecular weight excluding hydrogens is 236 g/mol. The molecule has 19 heavy (non-hydrogen) atoms. The van der Waals surface area contributed by atoms with Gasteiger partial charge >= 0.3 is 0 Å². The lowest BCUT2D eigenvalue weighted by molar-refractivity contribution is 0.782. The van der Waals surface area contributed by atoms with Gasteiger partial charge in [-0.05, 0) is 31.9 Å². The summed E-state index contributed by atoms with van der Waals surface area (Å²) >= 11 is 0. The predicted molar refractivity (Wildman–Crippen MR) is 79.2 cm³/mol. The highest BCUT2D eigenvalue weighted by Gasteiger charge is 2.18. The zero-order valence-electron chi connectivity index (χ0n) is 11.6. The van der Waals surface area contributed by atoms with Crippen molar-refractivity contribution < 1.29 is 0 Å². The molecule has 1 aromatic carbocycles. The molecule has 1 aliphatic rings. The third-order valence-electron chi connectivity index (χ3n) is 3.79. The maximum atomic E-state index is 5.91. The van der Waals surface area contributed by atoms with Crippen molar-refractivity contribution in [1.82, 2.24) is 9.78 Å². The van der Waals surface area contributed by atoms with Gasteiger partial charge in [-0.1, -0.05) is 11.6 Å². The van der Waals surface area contributed by atoms with Gasteiger partial charge in [0.25, 0.3) is 0 Å². The summed E-state index contributed by atoms with van der Waals surface area (Å²) in [5.74, 6) is 0.698. The summed E-state index contributed by atoms with van der Waals surface area (Å²) in [7, 11) is 1.88. The standard InChI is InChI=1S/C15H20N4/c1-11-5-6-14(19-7-3-4-8-19)12(9-11)13-10-15(16)18(2)17-13/h5-6,9-10H,3-4,7-8,16H2,1-2H3. The van der Waals surface area contributed by atoms with E-state index in [1.807, 2.05) is 13.1 Å². The number of hydrogen-bond donors (Lipinski definition) is 1. The number of nitrogens with zero attached hydrogens (tertiary/aromatic N) is 3. The third-order valence-corrected chi connectivity index (χ3v) is 3.79. The molecule has 3 rings (SSSR count). The van der Waals surface area contributed by atoms with E-state index in [4.69, 9.17) is 5.73 Å². The predicted octanol–water partition coefficient (Wildman–Crippen LogP) is 2.58. The molecule has 0 unspecified atom stereocenters.